The summed E-state index contributed by atoms with van der Waals surface area (Å²) in [6.07, 6.45) is 3.75. The summed E-state index contributed by atoms with van der Waals surface area (Å²) in [7, 11) is 0. The fraction of sp³-hybridized carbons (Fsp3) is 0.357. The minimum absolute atomic E-state index is 0.0637. The lowest BCUT2D eigenvalue weighted by molar-refractivity contribution is 0.0898. The number of hydrogen-bond donors (Lipinski definition) is 0. The van der Waals surface area contributed by atoms with Crippen molar-refractivity contribution in [3.63, 3.8) is 0 Å². The molecule has 17 heavy (non-hydrogen) atoms. The van der Waals surface area contributed by atoms with Gasteiger partial charge in [-0.1, -0.05) is 12.1 Å². The molecule has 2 rings (SSSR count). The van der Waals surface area contributed by atoms with Crippen LogP contribution < -0.4 is 4.74 Å². The van der Waals surface area contributed by atoms with Crippen LogP contribution in [0.25, 0.3) is 0 Å². The van der Waals surface area contributed by atoms with Gasteiger partial charge in [-0.05, 0) is 38.0 Å². The van der Waals surface area contributed by atoms with Crippen molar-refractivity contribution in [2.24, 2.45) is 0 Å². The fourth-order valence-corrected chi connectivity index (χ4v) is 1.75. The maximum Gasteiger partial charge on any atom is 0.227 e. The van der Waals surface area contributed by atoms with Crippen LogP contribution in [0.15, 0.2) is 36.1 Å². The first-order chi connectivity index (χ1) is 8.31. The second-order valence-electron chi connectivity index (χ2n) is 3.85. The molecule has 0 fully saturated rings. The summed E-state index contributed by atoms with van der Waals surface area (Å²) in [5.41, 5.74) is 0.615. The molecular formula is C14H16O3. The van der Waals surface area contributed by atoms with Crippen molar-refractivity contribution in [3.8, 4) is 5.75 Å². The van der Waals surface area contributed by atoms with Crippen molar-refractivity contribution in [2.45, 2.75) is 19.8 Å². The molecule has 0 amide bonds. The normalized spacial score (nSPS) is 14.8. The summed E-state index contributed by atoms with van der Waals surface area (Å²) in [6, 6.07) is 7.20. The number of allylic oxidation sites excluding steroid dienone is 2. The van der Waals surface area contributed by atoms with Crippen LogP contribution in [0.5, 0.6) is 5.75 Å². The highest BCUT2D eigenvalue weighted by Gasteiger charge is 2.16. The zero-order chi connectivity index (χ0) is 12.1. The Morgan fingerprint density at radius 3 is 3.06 bits per heavy atom. The molecule has 0 unspecified atom stereocenters. The van der Waals surface area contributed by atoms with Gasteiger partial charge in [0.2, 0.25) is 5.78 Å². The molecule has 0 atom stereocenters. The molecule has 0 saturated carbocycles. The van der Waals surface area contributed by atoms with E-state index >= 15 is 0 Å². The monoisotopic (exact) mass is 232 g/mol. The number of ketones is 1. The Labute approximate surface area is 101 Å². The molecule has 0 bridgehead atoms. The van der Waals surface area contributed by atoms with Crippen LogP contribution in [0.3, 0.4) is 0 Å². The molecule has 0 radical (unpaired) electrons. The van der Waals surface area contributed by atoms with Crippen molar-refractivity contribution in [2.75, 3.05) is 13.2 Å². The summed E-state index contributed by atoms with van der Waals surface area (Å²) in [6.45, 7) is 3.14. The molecule has 3 heteroatoms. The molecule has 1 aliphatic rings. The summed E-state index contributed by atoms with van der Waals surface area (Å²) in [5, 5.41) is 0. The predicted octanol–water partition coefficient (Wildman–Crippen LogP) is 2.96. The van der Waals surface area contributed by atoms with Crippen molar-refractivity contribution in [3.05, 3.63) is 41.7 Å². The van der Waals surface area contributed by atoms with Gasteiger partial charge >= 0.3 is 0 Å². The molecule has 0 N–H and O–H groups in total. The minimum atomic E-state index is -0.0637. The van der Waals surface area contributed by atoms with E-state index in [1.54, 1.807) is 12.1 Å². The van der Waals surface area contributed by atoms with Crippen LogP contribution in [-0.4, -0.2) is 19.0 Å². The van der Waals surface area contributed by atoms with Crippen molar-refractivity contribution < 1.29 is 14.3 Å². The van der Waals surface area contributed by atoms with Gasteiger partial charge in [-0.15, -0.1) is 0 Å². The molecular weight excluding hydrogens is 216 g/mol. The third-order valence-corrected chi connectivity index (χ3v) is 2.57. The van der Waals surface area contributed by atoms with E-state index < -0.39 is 0 Å². The number of carbonyl (C=O) groups excluding carboxylic acids is 1. The van der Waals surface area contributed by atoms with Crippen molar-refractivity contribution in [1.29, 1.82) is 0 Å². The third-order valence-electron chi connectivity index (χ3n) is 2.57. The largest absolute Gasteiger partial charge is 0.494 e. The topological polar surface area (TPSA) is 35.5 Å². The maximum absolute atomic E-state index is 12.1. The third kappa shape index (κ3) is 2.87. The van der Waals surface area contributed by atoms with Crippen LogP contribution in [0.4, 0.5) is 0 Å². The van der Waals surface area contributed by atoms with Crippen molar-refractivity contribution in [1.82, 2.24) is 0 Å². The molecule has 0 aliphatic carbocycles. The molecule has 90 valence electrons. The second kappa shape index (κ2) is 5.53. The van der Waals surface area contributed by atoms with Gasteiger partial charge in [0.05, 0.1) is 13.2 Å². The van der Waals surface area contributed by atoms with Gasteiger partial charge in [0, 0.05) is 5.56 Å². The van der Waals surface area contributed by atoms with Crippen LogP contribution >= 0.6 is 0 Å². The van der Waals surface area contributed by atoms with Gasteiger partial charge in [-0.3, -0.25) is 4.79 Å². The number of ether oxygens (including phenoxy) is 2. The van der Waals surface area contributed by atoms with Crippen LogP contribution in [0, 0.1) is 0 Å². The summed E-state index contributed by atoms with van der Waals surface area (Å²) < 4.78 is 10.7. The van der Waals surface area contributed by atoms with Gasteiger partial charge < -0.3 is 9.47 Å². The second-order valence-corrected chi connectivity index (χ2v) is 3.85. The minimum Gasteiger partial charge on any atom is -0.494 e. The molecule has 3 nitrogen and oxygen atoms in total. The number of carbonyl (C=O) groups is 1. The van der Waals surface area contributed by atoms with Crippen LogP contribution in [-0.2, 0) is 4.74 Å². The fourth-order valence-electron chi connectivity index (χ4n) is 1.75. The summed E-state index contributed by atoms with van der Waals surface area (Å²) in [4.78, 5) is 12.1. The number of benzene rings is 1. The Morgan fingerprint density at radius 1 is 1.47 bits per heavy atom. The Balaban J connectivity index is 2.18. The van der Waals surface area contributed by atoms with Crippen LogP contribution in [0.1, 0.15) is 30.1 Å². The Bertz CT molecular complexity index is 435. The van der Waals surface area contributed by atoms with E-state index in [9.17, 15) is 4.79 Å². The first kappa shape index (κ1) is 11.7. The predicted molar refractivity (Wildman–Crippen MR) is 65.2 cm³/mol. The van der Waals surface area contributed by atoms with E-state index in [4.69, 9.17) is 9.47 Å². The molecule has 1 heterocycles. The first-order valence-electron chi connectivity index (χ1n) is 5.92. The molecule has 1 aromatic rings. The maximum atomic E-state index is 12.1. The molecule has 0 spiro atoms. The lowest BCUT2D eigenvalue weighted by Crippen LogP contribution is -2.11. The zero-order valence-corrected chi connectivity index (χ0v) is 9.94. The number of hydrogen-bond acceptors (Lipinski definition) is 3. The quantitative estimate of drug-likeness (QED) is 0.749. The van der Waals surface area contributed by atoms with E-state index in [2.05, 4.69) is 0 Å². The Hall–Kier alpha value is -1.77. The molecule has 1 aromatic carbocycles. The molecule has 0 aromatic heterocycles. The molecule has 0 saturated heterocycles. The summed E-state index contributed by atoms with van der Waals surface area (Å²) >= 11 is 0. The lowest BCUT2D eigenvalue weighted by atomic mass is 10.1. The van der Waals surface area contributed by atoms with Gasteiger partial charge in [0.1, 0.15) is 5.75 Å². The molecule has 1 aliphatic heterocycles. The summed E-state index contributed by atoms with van der Waals surface area (Å²) in [5.74, 6) is 1.12. The van der Waals surface area contributed by atoms with Crippen LogP contribution in [0.2, 0.25) is 0 Å². The first-order valence-corrected chi connectivity index (χ1v) is 5.92. The average molecular weight is 232 g/mol. The Kier molecular flexibility index (Phi) is 3.81. The van der Waals surface area contributed by atoms with Gasteiger partial charge in [-0.25, -0.2) is 0 Å². The van der Waals surface area contributed by atoms with E-state index in [1.807, 2.05) is 25.1 Å². The van der Waals surface area contributed by atoms with Gasteiger partial charge in [0.25, 0.3) is 0 Å². The lowest BCUT2D eigenvalue weighted by Gasteiger charge is -2.14. The highest BCUT2D eigenvalue weighted by Crippen LogP contribution is 2.19. The van der Waals surface area contributed by atoms with E-state index in [-0.39, 0.29) is 5.78 Å². The SMILES string of the molecule is CCOc1cccc(C(=O)C2=CCCCO2)c1. The van der Waals surface area contributed by atoms with Gasteiger partial charge in [0.15, 0.2) is 5.76 Å². The van der Waals surface area contributed by atoms with E-state index in [0.29, 0.717) is 24.5 Å². The van der Waals surface area contributed by atoms with Gasteiger partial charge in [-0.2, -0.15) is 0 Å². The average Bonchev–Trinajstić information content (AvgIpc) is 2.40. The number of rotatable bonds is 4. The zero-order valence-electron chi connectivity index (χ0n) is 9.94. The number of Topliss-reactive ketones (excluding diaryl/α,β-unsaturated/α-hetero) is 1. The Morgan fingerprint density at radius 2 is 2.35 bits per heavy atom. The smallest absolute Gasteiger partial charge is 0.227 e. The highest BCUT2D eigenvalue weighted by atomic mass is 16.5. The standard InChI is InChI=1S/C14H16O3/c1-2-16-12-7-5-6-11(10-12)14(15)13-8-3-4-9-17-13/h5-8,10H,2-4,9H2,1H3. The van der Waals surface area contributed by atoms with E-state index in [0.717, 1.165) is 18.6 Å². The van der Waals surface area contributed by atoms with Crippen molar-refractivity contribution >= 4 is 5.78 Å². The van der Waals surface area contributed by atoms with E-state index in [1.165, 1.54) is 0 Å². The highest BCUT2D eigenvalue weighted by molar-refractivity contribution is 6.07.